The number of ether oxygens (including phenoxy) is 1. The maximum atomic E-state index is 13.0. The summed E-state index contributed by atoms with van der Waals surface area (Å²) in [5, 5.41) is 0. The highest BCUT2D eigenvalue weighted by Crippen LogP contribution is 2.26. The maximum Gasteiger partial charge on any atom is 0.241 e. The van der Waals surface area contributed by atoms with Crippen LogP contribution in [-0.2, 0) is 10.0 Å². The topological polar surface area (TPSA) is 55.4 Å². The molecule has 0 saturated heterocycles. The van der Waals surface area contributed by atoms with Crippen LogP contribution in [0.15, 0.2) is 53.4 Å². The van der Waals surface area contributed by atoms with Gasteiger partial charge >= 0.3 is 0 Å². The van der Waals surface area contributed by atoms with E-state index in [-0.39, 0.29) is 10.8 Å². The molecule has 0 heterocycles. The first-order valence-corrected chi connectivity index (χ1v) is 8.73. The van der Waals surface area contributed by atoms with Gasteiger partial charge in [-0.1, -0.05) is 26.0 Å². The Morgan fingerprint density at radius 3 is 2.04 bits per heavy atom. The molecular formula is C17H20FNO3S. The summed E-state index contributed by atoms with van der Waals surface area (Å²) in [6, 6.07) is 11.6. The van der Waals surface area contributed by atoms with Gasteiger partial charge in [-0.15, -0.1) is 0 Å². The molecule has 0 aliphatic carbocycles. The van der Waals surface area contributed by atoms with E-state index in [1.54, 1.807) is 19.2 Å². The van der Waals surface area contributed by atoms with E-state index in [2.05, 4.69) is 4.72 Å². The largest absolute Gasteiger partial charge is 0.497 e. The molecule has 2 aromatic rings. The summed E-state index contributed by atoms with van der Waals surface area (Å²) in [5.41, 5.74) is 0.839. The number of rotatable bonds is 6. The molecule has 0 fully saturated rings. The Bertz CT molecular complexity index is 740. The molecule has 4 nitrogen and oxygen atoms in total. The average Bonchev–Trinajstić information content (AvgIpc) is 2.53. The van der Waals surface area contributed by atoms with Crippen LogP contribution in [0.3, 0.4) is 0 Å². The lowest BCUT2D eigenvalue weighted by atomic mass is 9.97. The summed E-state index contributed by atoms with van der Waals surface area (Å²) in [6.45, 7) is 3.87. The van der Waals surface area contributed by atoms with E-state index in [0.717, 1.165) is 17.7 Å². The lowest BCUT2D eigenvalue weighted by Crippen LogP contribution is -2.31. The molecule has 2 aromatic carbocycles. The predicted molar refractivity (Wildman–Crippen MR) is 87.3 cm³/mol. The van der Waals surface area contributed by atoms with Crippen molar-refractivity contribution in [1.29, 1.82) is 0 Å². The van der Waals surface area contributed by atoms with Gasteiger partial charge < -0.3 is 4.74 Å². The van der Waals surface area contributed by atoms with Gasteiger partial charge in [0.15, 0.2) is 0 Å². The fourth-order valence-corrected chi connectivity index (χ4v) is 3.62. The second-order valence-corrected chi connectivity index (χ2v) is 7.28. The third kappa shape index (κ3) is 4.30. The molecular weight excluding hydrogens is 317 g/mol. The lowest BCUT2D eigenvalue weighted by Gasteiger charge is -2.23. The molecule has 6 heteroatoms. The number of benzene rings is 2. The fraction of sp³-hybridized carbons (Fsp3) is 0.294. The van der Waals surface area contributed by atoms with Crippen LogP contribution in [0, 0.1) is 11.7 Å². The third-order valence-corrected chi connectivity index (χ3v) is 5.00. The Kier molecular flexibility index (Phi) is 5.38. The quantitative estimate of drug-likeness (QED) is 0.877. The van der Waals surface area contributed by atoms with Crippen LogP contribution in [0.25, 0.3) is 0 Å². The van der Waals surface area contributed by atoms with Crippen molar-refractivity contribution in [1.82, 2.24) is 4.72 Å². The Hall–Kier alpha value is -1.92. The van der Waals surface area contributed by atoms with Crippen LogP contribution in [0.4, 0.5) is 4.39 Å². The Balaban J connectivity index is 2.29. The summed E-state index contributed by atoms with van der Waals surface area (Å²) in [7, 11) is -2.16. The van der Waals surface area contributed by atoms with E-state index in [1.165, 1.54) is 12.1 Å². The highest BCUT2D eigenvalue weighted by molar-refractivity contribution is 7.89. The molecule has 0 amide bonds. The van der Waals surface area contributed by atoms with Crippen molar-refractivity contribution in [2.75, 3.05) is 7.11 Å². The molecule has 124 valence electrons. The van der Waals surface area contributed by atoms with Gasteiger partial charge in [0.1, 0.15) is 11.6 Å². The Morgan fingerprint density at radius 1 is 1.00 bits per heavy atom. The SMILES string of the molecule is COc1ccc([C@@H](NS(=O)(=O)c2ccc(F)cc2)C(C)C)cc1. The van der Waals surface area contributed by atoms with Gasteiger partial charge in [-0.3, -0.25) is 0 Å². The number of methoxy groups -OCH3 is 1. The van der Waals surface area contributed by atoms with Gasteiger partial charge in [0.25, 0.3) is 0 Å². The minimum absolute atomic E-state index is 0.0399. The highest BCUT2D eigenvalue weighted by Gasteiger charge is 2.24. The van der Waals surface area contributed by atoms with Crippen molar-refractivity contribution in [3.8, 4) is 5.75 Å². The summed E-state index contributed by atoms with van der Waals surface area (Å²) in [6.07, 6.45) is 0. The molecule has 0 saturated carbocycles. The van der Waals surface area contributed by atoms with Crippen molar-refractivity contribution in [2.24, 2.45) is 5.92 Å². The predicted octanol–water partition coefficient (Wildman–Crippen LogP) is 3.51. The fourth-order valence-electron chi connectivity index (χ4n) is 2.25. The standard InChI is InChI=1S/C17H20FNO3S/c1-12(2)17(13-4-8-15(22-3)9-5-13)19-23(20,21)16-10-6-14(18)7-11-16/h4-12,17,19H,1-3H3/t17-/m0/s1. The summed E-state index contributed by atoms with van der Waals surface area (Å²) >= 11 is 0. The van der Waals surface area contributed by atoms with Gasteiger partial charge in [0.2, 0.25) is 10.0 Å². The lowest BCUT2D eigenvalue weighted by molar-refractivity contribution is 0.413. The molecule has 0 bridgehead atoms. The van der Waals surface area contributed by atoms with Gasteiger partial charge in [-0.05, 0) is 47.9 Å². The van der Waals surface area contributed by atoms with Crippen molar-refractivity contribution in [3.05, 3.63) is 59.9 Å². The van der Waals surface area contributed by atoms with E-state index in [1.807, 2.05) is 26.0 Å². The molecule has 2 rings (SSSR count). The molecule has 23 heavy (non-hydrogen) atoms. The van der Waals surface area contributed by atoms with Crippen molar-refractivity contribution in [2.45, 2.75) is 24.8 Å². The molecule has 0 aromatic heterocycles. The zero-order valence-electron chi connectivity index (χ0n) is 13.3. The second-order valence-electron chi connectivity index (χ2n) is 5.57. The zero-order chi connectivity index (χ0) is 17.0. The number of hydrogen-bond acceptors (Lipinski definition) is 3. The van der Waals surface area contributed by atoms with Gasteiger partial charge in [-0.25, -0.2) is 17.5 Å². The molecule has 0 spiro atoms. The first kappa shape index (κ1) is 17.4. The molecule has 0 aliphatic rings. The summed E-state index contributed by atoms with van der Waals surface area (Å²) < 4.78 is 45.8. The van der Waals surface area contributed by atoms with E-state index < -0.39 is 21.9 Å². The van der Waals surface area contributed by atoms with Crippen LogP contribution >= 0.6 is 0 Å². The number of halogens is 1. The van der Waals surface area contributed by atoms with Gasteiger partial charge in [-0.2, -0.15) is 0 Å². The summed E-state index contributed by atoms with van der Waals surface area (Å²) in [4.78, 5) is 0.0399. The van der Waals surface area contributed by atoms with Crippen LogP contribution in [0.5, 0.6) is 5.75 Å². The molecule has 1 N–H and O–H groups in total. The minimum atomic E-state index is -3.73. The molecule has 0 unspecified atom stereocenters. The maximum absolute atomic E-state index is 13.0. The highest BCUT2D eigenvalue weighted by atomic mass is 32.2. The Labute approximate surface area is 136 Å². The van der Waals surface area contributed by atoms with Crippen LogP contribution < -0.4 is 9.46 Å². The second kappa shape index (κ2) is 7.10. The zero-order valence-corrected chi connectivity index (χ0v) is 14.1. The smallest absolute Gasteiger partial charge is 0.241 e. The van der Waals surface area contributed by atoms with Gasteiger partial charge in [0.05, 0.1) is 12.0 Å². The number of sulfonamides is 1. The minimum Gasteiger partial charge on any atom is -0.497 e. The third-order valence-electron chi connectivity index (χ3n) is 3.55. The van der Waals surface area contributed by atoms with E-state index in [9.17, 15) is 12.8 Å². The van der Waals surface area contributed by atoms with Crippen molar-refractivity contribution < 1.29 is 17.5 Å². The average molecular weight is 337 g/mol. The molecule has 0 radical (unpaired) electrons. The number of hydrogen-bond donors (Lipinski definition) is 1. The number of nitrogens with one attached hydrogen (secondary N) is 1. The van der Waals surface area contributed by atoms with Crippen molar-refractivity contribution >= 4 is 10.0 Å². The normalized spacial score (nSPS) is 13.1. The molecule has 1 atom stereocenters. The van der Waals surface area contributed by atoms with E-state index in [0.29, 0.717) is 5.75 Å². The van der Waals surface area contributed by atoms with Crippen LogP contribution in [-0.4, -0.2) is 15.5 Å². The first-order chi connectivity index (χ1) is 10.8. The van der Waals surface area contributed by atoms with Gasteiger partial charge in [0, 0.05) is 6.04 Å². The molecule has 0 aliphatic heterocycles. The first-order valence-electron chi connectivity index (χ1n) is 7.25. The Morgan fingerprint density at radius 2 is 1.57 bits per heavy atom. The van der Waals surface area contributed by atoms with Crippen LogP contribution in [0.1, 0.15) is 25.5 Å². The monoisotopic (exact) mass is 337 g/mol. The van der Waals surface area contributed by atoms with E-state index in [4.69, 9.17) is 4.74 Å². The summed E-state index contributed by atoms with van der Waals surface area (Å²) in [5.74, 6) is 0.274. The van der Waals surface area contributed by atoms with E-state index >= 15 is 0 Å². The van der Waals surface area contributed by atoms with Crippen molar-refractivity contribution in [3.63, 3.8) is 0 Å². The van der Waals surface area contributed by atoms with Crippen LogP contribution in [0.2, 0.25) is 0 Å².